The molecule has 6 nitrogen and oxygen atoms in total. The number of aryl methyl sites for hydroxylation is 2. The summed E-state index contributed by atoms with van der Waals surface area (Å²) in [5.74, 6) is -1.17. The number of nitrogens with zero attached hydrogens (tertiary/aromatic N) is 2. The molecule has 2 aromatic rings. The first-order chi connectivity index (χ1) is 12.7. The summed E-state index contributed by atoms with van der Waals surface area (Å²) >= 11 is 0. The molecule has 146 valence electrons. The van der Waals surface area contributed by atoms with E-state index in [9.17, 15) is 26.4 Å². The van der Waals surface area contributed by atoms with E-state index in [0.717, 1.165) is 0 Å². The highest BCUT2D eigenvalue weighted by Crippen LogP contribution is 2.31. The molecule has 0 unspecified atom stereocenters. The molecule has 1 aromatic carbocycles. The molecule has 0 amide bonds. The Kier molecular flexibility index (Phi) is 6.89. The number of hydrogen-bond acceptors (Lipinski definition) is 6. The molecule has 0 saturated carbocycles. The van der Waals surface area contributed by atoms with Crippen LogP contribution >= 0.6 is 0 Å². The van der Waals surface area contributed by atoms with Crippen LogP contribution in [-0.2, 0) is 51.4 Å². The lowest BCUT2D eigenvalue weighted by Crippen LogP contribution is -2.15. The molecule has 0 fully saturated rings. The summed E-state index contributed by atoms with van der Waals surface area (Å²) in [6, 6.07) is 6.84. The Morgan fingerprint density at radius 1 is 1.15 bits per heavy atom. The number of carbonyl (C=O) groups is 1. The topological polar surface area (TPSA) is 86.2 Å². The number of hydrogen-bond donors (Lipinski definition) is 1. The second kappa shape index (κ2) is 8.94. The van der Waals surface area contributed by atoms with Gasteiger partial charge >= 0.3 is 12.1 Å². The minimum Gasteiger partial charge on any atom is -0.469 e. The first-order valence-electron chi connectivity index (χ1n) is 7.88. The average molecular weight is 402 g/mol. The van der Waals surface area contributed by atoms with Gasteiger partial charge in [-0.1, -0.05) is 24.3 Å². The maximum atomic E-state index is 13.2. The van der Waals surface area contributed by atoms with E-state index in [4.69, 9.17) is 0 Å². The standard InChI is InChI=1S/C17H17F3N2O4S/c1-26-16(23)8-12-5-3-2-4-11(12)6-7-14-13(17(18,19)20)9-21-15(22-14)10-27(24)25/h2-5,9,27H,6-8,10H2,1H3. The molecule has 1 heterocycles. The van der Waals surface area contributed by atoms with Crippen molar-refractivity contribution in [2.45, 2.75) is 31.2 Å². The summed E-state index contributed by atoms with van der Waals surface area (Å²) in [5.41, 5.74) is 0.0518. The third-order valence-corrected chi connectivity index (χ3v) is 4.35. The number of halogens is 3. The summed E-state index contributed by atoms with van der Waals surface area (Å²) in [4.78, 5) is 18.8. The second-order valence-corrected chi connectivity index (χ2v) is 6.64. The van der Waals surface area contributed by atoms with E-state index in [2.05, 4.69) is 14.7 Å². The van der Waals surface area contributed by atoms with Crippen molar-refractivity contribution in [3.8, 4) is 0 Å². The zero-order valence-electron chi connectivity index (χ0n) is 14.3. The largest absolute Gasteiger partial charge is 0.469 e. The Morgan fingerprint density at radius 3 is 2.41 bits per heavy atom. The summed E-state index contributed by atoms with van der Waals surface area (Å²) in [6.07, 6.45) is -3.94. The van der Waals surface area contributed by atoms with Gasteiger partial charge in [0.05, 0.1) is 24.8 Å². The fraction of sp³-hybridized carbons (Fsp3) is 0.353. The van der Waals surface area contributed by atoms with E-state index in [-0.39, 0.29) is 30.8 Å². The van der Waals surface area contributed by atoms with Crippen LogP contribution in [-0.4, -0.2) is 31.5 Å². The van der Waals surface area contributed by atoms with Gasteiger partial charge in [-0.05, 0) is 24.0 Å². The number of ether oxygens (including phenoxy) is 1. The molecule has 10 heteroatoms. The maximum absolute atomic E-state index is 13.2. The van der Waals surface area contributed by atoms with Crippen molar-refractivity contribution in [3.63, 3.8) is 0 Å². The van der Waals surface area contributed by atoms with E-state index >= 15 is 0 Å². The van der Waals surface area contributed by atoms with Gasteiger partial charge in [-0.15, -0.1) is 0 Å². The van der Waals surface area contributed by atoms with E-state index in [1.165, 1.54) is 7.11 Å². The number of esters is 1. The molecule has 0 N–H and O–H groups in total. The van der Waals surface area contributed by atoms with E-state index < -0.39 is 34.2 Å². The van der Waals surface area contributed by atoms with E-state index in [1.807, 2.05) is 0 Å². The Labute approximate surface area is 155 Å². The molecule has 2 rings (SSSR count). The molecule has 0 radical (unpaired) electrons. The highest BCUT2D eigenvalue weighted by atomic mass is 32.2. The maximum Gasteiger partial charge on any atom is 0.419 e. The van der Waals surface area contributed by atoms with Crippen molar-refractivity contribution in [3.05, 3.63) is 58.7 Å². The van der Waals surface area contributed by atoms with Crippen molar-refractivity contribution in [1.29, 1.82) is 0 Å². The van der Waals surface area contributed by atoms with Gasteiger partial charge < -0.3 is 4.74 Å². The van der Waals surface area contributed by atoms with Crippen molar-refractivity contribution < 1.29 is 31.1 Å². The molecular weight excluding hydrogens is 385 g/mol. The smallest absolute Gasteiger partial charge is 0.419 e. The van der Waals surface area contributed by atoms with Crippen LogP contribution in [0.15, 0.2) is 30.5 Å². The molecule has 1 aromatic heterocycles. The SMILES string of the molecule is COC(=O)Cc1ccccc1CCc1nc(C[SH](=O)=O)ncc1C(F)(F)F. The van der Waals surface area contributed by atoms with Crippen LogP contribution in [0.25, 0.3) is 0 Å². The Bertz CT molecular complexity index is 890. The highest BCUT2D eigenvalue weighted by Gasteiger charge is 2.34. The third-order valence-electron chi connectivity index (χ3n) is 3.81. The van der Waals surface area contributed by atoms with Crippen molar-refractivity contribution in [2.24, 2.45) is 0 Å². The Morgan fingerprint density at radius 2 is 1.81 bits per heavy atom. The summed E-state index contributed by atoms with van der Waals surface area (Å²) < 4.78 is 65.9. The molecule has 0 aliphatic heterocycles. The van der Waals surface area contributed by atoms with Crippen LogP contribution in [0.1, 0.15) is 28.2 Å². The first-order valence-corrected chi connectivity index (χ1v) is 9.24. The fourth-order valence-corrected chi connectivity index (χ4v) is 2.92. The van der Waals surface area contributed by atoms with Gasteiger partial charge in [0, 0.05) is 6.20 Å². The summed E-state index contributed by atoms with van der Waals surface area (Å²) in [6.45, 7) is 0. The van der Waals surface area contributed by atoms with Gasteiger partial charge in [-0.25, -0.2) is 18.4 Å². The van der Waals surface area contributed by atoms with Gasteiger partial charge in [0.25, 0.3) is 0 Å². The number of methoxy groups -OCH3 is 1. The average Bonchev–Trinajstić information content (AvgIpc) is 2.59. The van der Waals surface area contributed by atoms with Crippen molar-refractivity contribution in [2.75, 3.05) is 7.11 Å². The zero-order valence-corrected chi connectivity index (χ0v) is 15.2. The molecule has 0 saturated heterocycles. The normalized spacial score (nSPS) is 11.6. The minimum atomic E-state index is -4.65. The Hall–Kier alpha value is -2.49. The second-order valence-electron chi connectivity index (χ2n) is 5.66. The van der Waals surface area contributed by atoms with Crippen molar-refractivity contribution >= 4 is 16.7 Å². The van der Waals surface area contributed by atoms with Gasteiger partial charge in [0.15, 0.2) is 0 Å². The number of benzene rings is 1. The van der Waals surface area contributed by atoms with Crippen LogP contribution in [0.3, 0.4) is 0 Å². The fourth-order valence-electron chi connectivity index (χ4n) is 2.53. The molecule has 0 spiro atoms. The van der Waals surface area contributed by atoms with Gasteiger partial charge in [0.2, 0.25) is 0 Å². The van der Waals surface area contributed by atoms with Crippen LogP contribution in [0.2, 0.25) is 0 Å². The number of alkyl halides is 3. The zero-order chi connectivity index (χ0) is 20.0. The number of rotatable bonds is 7. The monoisotopic (exact) mass is 402 g/mol. The van der Waals surface area contributed by atoms with E-state index in [1.54, 1.807) is 24.3 Å². The predicted molar refractivity (Wildman–Crippen MR) is 90.6 cm³/mol. The molecule has 0 bridgehead atoms. The molecular formula is C17H17F3N2O4S. The number of aromatic nitrogens is 2. The van der Waals surface area contributed by atoms with Crippen LogP contribution < -0.4 is 0 Å². The van der Waals surface area contributed by atoms with Crippen LogP contribution in [0, 0.1) is 0 Å². The number of carbonyl (C=O) groups excluding carboxylic acids is 1. The van der Waals surface area contributed by atoms with Gasteiger partial charge in [0.1, 0.15) is 22.3 Å². The molecule has 0 aliphatic rings. The minimum absolute atomic E-state index is 0.00445. The first kappa shape index (κ1) is 20.8. The number of thiol groups is 1. The lowest BCUT2D eigenvalue weighted by molar-refractivity contribution is -0.140. The highest BCUT2D eigenvalue weighted by molar-refractivity contribution is 7.71. The van der Waals surface area contributed by atoms with Gasteiger partial charge in [-0.3, -0.25) is 4.79 Å². The predicted octanol–water partition coefficient (Wildman–Crippen LogP) is 2.11. The summed E-state index contributed by atoms with van der Waals surface area (Å²) in [5, 5.41) is 0. The third kappa shape index (κ3) is 6.02. The molecule has 27 heavy (non-hydrogen) atoms. The van der Waals surface area contributed by atoms with Crippen LogP contribution in [0.5, 0.6) is 0 Å². The van der Waals surface area contributed by atoms with E-state index in [0.29, 0.717) is 17.3 Å². The lowest BCUT2D eigenvalue weighted by Gasteiger charge is -2.13. The van der Waals surface area contributed by atoms with Crippen LogP contribution in [0.4, 0.5) is 13.2 Å². The van der Waals surface area contributed by atoms with Gasteiger partial charge in [-0.2, -0.15) is 13.2 Å². The molecule has 0 atom stereocenters. The molecule has 0 aliphatic carbocycles. The quantitative estimate of drug-likeness (QED) is 0.564. The summed E-state index contributed by atoms with van der Waals surface area (Å²) in [7, 11) is -1.60. The Balaban J connectivity index is 2.30. The van der Waals surface area contributed by atoms with Crippen molar-refractivity contribution in [1.82, 2.24) is 9.97 Å². The lowest BCUT2D eigenvalue weighted by atomic mass is 9.98.